The van der Waals surface area contributed by atoms with Crippen LogP contribution in [0.3, 0.4) is 0 Å². The van der Waals surface area contributed by atoms with Gasteiger partial charge in [0.2, 0.25) is 0 Å². The first kappa shape index (κ1) is 7.47. The van der Waals surface area contributed by atoms with Crippen LogP contribution in [0.25, 0.3) is 0 Å². The number of ketones is 1. The standard InChI is InChI=1S/C10H11NO/c1-7(12)9-5-10(9)8-3-2-4-11-6-8/h2-4,6,9-10H,5H2,1H3/t9-,10+/m0/s1. The van der Waals surface area contributed by atoms with E-state index in [1.165, 1.54) is 5.56 Å². The Bertz CT molecular complexity index is 294. The molecule has 2 nitrogen and oxygen atoms in total. The molecule has 1 saturated carbocycles. The van der Waals surface area contributed by atoms with Gasteiger partial charge in [-0.3, -0.25) is 9.78 Å². The second-order valence-electron chi connectivity index (χ2n) is 3.35. The Labute approximate surface area is 71.6 Å². The molecule has 1 aromatic heterocycles. The highest BCUT2D eigenvalue weighted by Gasteiger charge is 2.41. The van der Waals surface area contributed by atoms with Crippen LogP contribution in [0.1, 0.15) is 24.8 Å². The van der Waals surface area contributed by atoms with E-state index in [0.29, 0.717) is 11.7 Å². The van der Waals surface area contributed by atoms with E-state index in [4.69, 9.17) is 0 Å². The van der Waals surface area contributed by atoms with Crippen molar-refractivity contribution in [3.8, 4) is 0 Å². The van der Waals surface area contributed by atoms with Crippen molar-refractivity contribution in [3.63, 3.8) is 0 Å². The number of aromatic nitrogens is 1. The van der Waals surface area contributed by atoms with Crippen molar-refractivity contribution in [1.82, 2.24) is 4.98 Å². The van der Waals surface area contributed by atoms with Crippen molar-refractivity contribution >= 4 is 5.78 Å². The Morgan fingerprint density at radius 1 is 1.67 bits per heavy atom. The fourth-order valence-electron chi connectivity index (χ4n) is 1.61. The third-order valence-electron chi connectivity index (χ3n) is 2.43. The van der Waals surface area contributed by atoms with Gasteiger partial charge in [-0.05, 0) is 30.9 Å². The molecule has 0 amide bonds. The number of Topliss-reactive ketones (excluding diaryl/α,β-unsaturated/α-hetero) is 1. The second-order valence-corrected chi connectivity index (χ2v) is 3.35. The molecule has 1 fully saturated rings. The summed E-state index contributed by atoms with van der Waals surface area (Å²) in [5.74, 6) is 1.04. The molecule has 0 bridgehead atoms. The monoisotopic (exact) mass is 161 g/mol. The predicted molar refractivity (Wildman–Crippen MR) is 45.8 cm³/mol. The Kier molecular flexibility index (Phi) is 1.68. The summed E-state index contributed by atoms with van der Waals surface area (Å²) in [5.41, 5.74) is 1.21. The van der Waals surface area contributed by atoms with Crippen LogP contribution >= 0.6 is 0 Å². The lowest BCUT2D eigenvalue weighted by Crippen LogP contribution is -1.94. The second kappa shape index (κ2) is 2.70. The van der Waals surface area contributed by atoms with Gasteiger partial charge in [0.05, 0.1) is 0 Å². The highest BCUT2D eigenvalue weighted by atomic mass is 16.1. The first-order chi connectivity index (χ1) is 5.79. The Hall–Kier alpha value is -1.18. The molecule has 0 aliphatic heterocycles. The molecule has 1 aromatic rings. The van der Waals surface area contributed by atoms with E-state index in [2.05, 4.69) is 4.98 Å². The average Bonchev–Trinajstić information content (AvgIpc) is 2.84. The van der Waals surface area contributed by atoms with Crippen molar-refractivity contribution in [2.75, 3.05) is 0 Å². The van der Waals surface area contributed by atoms with Crippen molar-refractivity contribution in [1.29, 1.82) is 0 Å². The van der Waals surface area contributed by atoms with E-state index in [0.717, 1.165) is 6.42 Å². The molecule has 2 atom stereocenters. The highest BCUT2D eigenvalue weighted by Crippen LogP contribution is 2.47. The minimum atomic E-state index is 0.272. The van der Waals surface area contributed by atoms with Crippen LogP contribution in [0.15, 0.2) is 24.5 Å². The molecule has 0 saturated heterocycles. The van der Waals surface area contributed by atoms with Crippen LogP contribution in [-0.4, -0.2) is 10.8 Å². The predicted octanol–water partition coefficient (Wildman–Crippen LogP) is 1.77. The van der Waals surface area contributed by atoms with Crippen LogP contribution in [-0.2, 0) is 4.79 Å². The van der Waals surface area contributed by atoms with E-state index < -0.39 is 0 Å². The topological polar surface area (TPSA) is 30.0 Å². The molecular formula is C10H11NO. The van der Waals surface area contributed by atoms with Gasteiger partial charge in [0.1, 0.15) is 5.78 Å². The lowest BCUT2D eigenvalue weighted by Gasteiger charge is -1.95. The summed E-state index contributed by atoms with van der Waals surface area (Å²) in [5, 5.41) is 0. The van der Waals surface area contributed by atoms with Crippen LogP contribution in [0, 0.1) is 5.92 Å². The van der Waals surface area contributed by atoms with Crippen LogP contribution in [0.5, 0.6) is 0 Å². The van der Waals surface area contributed by atoms with E-state index in [1.54, 1.807) is 13.1 Å². The fraction of sp³-hybridized carbons (Fsp3) is 0.400. The minimum absolute atomic E-state index is 0.272. The summed E-state index contributed by atoms with van der Waals surface area (Å²) >= 11 is 0. The summed E-state index contributed by atoms with van der Waals surface area (Å²) in [4.78, 5) is 15.0. The molecule has 2 heteroatoms. The van der Waals surface area contributed by atoms with E-state index in [-0.39, 0.29) is 5.92 Å². The van der Waals surface area contributed by atoms with Gasteiger partial charge < -0.3 is 0 Å². The highest BCUT2D eigenvalue weighted by molar-refractivity contribution is 5.82. The van der Waals surface area contributed by atoms with Crippen molar-refractivity contribution in [2.45, 2.75) is 19.3 Å². The SMILES string of the molecule is CC(=O)[C@@H]1C[C@@H]1c1cccnc1. The van der Waals surface area contributed by atoms with E-state index in [1.807, 2.05) is 18.3 Å². The largest absolute Gasteiger partial charge is 0.300 e. The molecule has 0 unspecified atom stereocenters. The maximum Gasteiger partial charge on any atom is 0.133 e. The van der Waals surface area contributed by atoms with E-state index in [9.17, 15) is 4.79 Å². The van der Waals surface area contributed by atoms with Crippen molar-refractivity contribution in [3.05, 3.63) is 30.1 Å². The molecule has 0 spiro atoms. The van der Waals surface area contributed by atoms with Gasteiger partial charge in [0, 0.05) is 18.3 Å². The number of carbonyl (C=O) groups is 1. The lowest BCUT2D eigenvalue weighted by molar-refractivity contribution is -0.118. The zero-order valence-electron chi connectivity index (χ0n) is 7.03. The normalized spacial score (nSPS) is 26.8. The third kappa shape index (κ3) is 1.24. The van der Waals surface area contributed by atoms with Crippen molar-refractivity contribution < 1.29 is 4.79 Å². The number of hydrogen-bond acceptors (Lipinski definition) is 2. The van der Waals surface area contributed by atoms with Gasteiger partial charge in [-0.25, -0.2) is 0 Å². The Balaban J connectivity index is 2.11. The summed E-state index contributed by atoms with van der Waals surface area (Å²) in [6.07, 6.45) is 4.63. The first-order valence-electron chi connectivity index (χ1n) is 4.19. The zero-order valence-corrected chi connectivity index (χ0v) is 7.03. The zero-order chi connectivity index (χ0) is 8.55. The first-order valence-corrected chi connectivity index (χ1v) is 4.19. The molecular weight excluding hydrogens is 150 g/mol. The molecule has 0 radical (unpaired) electrons. The molecule has 2 rings (SSSR count). The number of nitrogens with zero attached hydrogens (tertiary/aromatic N) is 1. The lowest BCUT2D eigenvalue weighted by atomic mass is 10.1. The van der Waals surface area contributed by atoms with Crippen LogP contribution < -0.4 is 0 Å². The summed E-state index contributed by atoms with van der Waals surface area (Å²) < 4.78 is 0. The fourth-order valence-corrected chi connectivity index (χ4v) is 1.61. The van der Waals surface area contributed by atoms with Gasteiger partial charge in [-0.2, -0.15) is 0 Å². The summed E-state index contributed by atoms with van der Waals surface area (Å²) in [6, 6.07) is 3.96. The Morgan fingerprint density at radius 2 is 2.50 bits per heavy atom. The quantitative estimate of drug-likeness (QED) is 0.661. The number of hydrogen-bond donors (Lipinski definition) is 0. The van der Waals surface area contributed by atoms with Gasteiger partial charge in [-0.15, -0.1) is 0 Å². The van der Waals surface area contributed by atoms with Gasteiger partial charge >= 0.3 is 0 Å². The molecule has 1 aliphatic rings. The molecule has 1 heterocycles. The number of rotatable bonds is 2. The number of pyridine rings is 1. The van der Waals surface area contributed by atoms with E-state index >= 15 is 0 Å². The molecule has 0 N–H and O–H groups in total. The molecule has 62 valence electrons. The smallest absolute Gasteiger partial charge is 0.133 e. The van der Waals surface area contributed by atoms with Crippen LogP contribution in [0.2, 0.25) is 0 Å². The molecule has 0 aromatic carbocycles. The number of carbonyl (C=O) groups excluding carboxylic acids is 1. The summed E-state index contributed by atoms with van der Waals surface area (Å²) in [6.45, 7) is 1.67. The maximum atomic E-state index is 11.0. The van der Waals surface area contributed by atoms with Crippen LogP contribution in [0.4, 0.5) is 0 Å². The minimum Gasteiger partial charge on any atom is -0.300 e. The van der Waals surface area contributed by atoms with Gasteiger partial charge in [-0.1, -0.05) is 6.07 Å². The average molecular weight is 161 g/mol. The molecule has 12 heavy (non-hydrogen) atoms. The summed E-state index contributed by atoms with van der Waals surface area (Å²) in [7, 11) is 0. The van der Waals surface area contributed by atoms with Gasteiger partial charge in [0.15, 0.2) is 0 Å². The third-order valence-corrected chi connectivity index (χ3v) is 2.43. The Morgan fingerprint density at radius 3 is 3.00 bits per heavy atom. The maximum absolute atomic E-state index is 11.0. The van der Waals surface area contributed by atoms with Gasteiger partial charge in [0.25, 0.3) is 0 Å². The van der Waals surface area contributed by atoms with Crippen molar-refractivity contribution in [2.24, 2.45) is 5.92 Å². The molecule has 1 aliphatic carbocycles.